The summed E-state index contributed by atoms with van der Waals surface area (Å²) in [6.07, 6.45) is 0. The van der Waals surface area contributed by atoms with E-state index in [2.05, 4.69) is 72.8 Å². The Balaban J connectivity index is 0.000000118. The van der Waals surface area contributed by atoms with E-state index in [4.69, 9.17) is 58.1 Å². The highest BCUT2D eigenvalue weighted by molar-refractivity contribution is 5.98. The van der Waals surface area contributed by atoms with Gasteiger partial charge in [0.05, 0.1) is 32.3 Å². The molecular weight excluding hydrogens is 1660 g/mol. The lowest BCUT2D eigenvalue weighted by Gasteiger charge is -2.13. The number of nitrogens with zero attached hydrogens (tertiary/aromatic N) is 9. The molecule has 24 aromatic rings. The fraction of sp³-hybridized carbons (Fsp3) is 0. The van der Waals surface area contributed by atoms with Gasteiger partial charge < -0.3 is 13.3 Å². The van der Waals surface area contributed by atoms with E-state index in [1.165, 1.54) is 0 Å². The molecule has 6 heterocycles. The lowest BCUT2D eigenvalue weighted by molar-refractivity contribution is 0.659. The molecule has 0 amide bonds. The molecule has 15 heteroatoms. The van der Waals surface area contributed by atoms with E-state index in [-0.39, 0.29) is 16.3 Å². The predicted molar refractivity (Wildman–Crippen MR) is 542 cm³/mol. The van der Waals surface area contributed by atoms with Crippen molar-refractivity contribution in [2.45, 2.75) is 0 Å². The fourth-order valence-corrected chi connectivity index (χ4v) is 17.1. The Kier molecular flexibility index (Phi) is 22.2. The van der Waals surface area contributed by atoms with Crippen LogP contribution >= 0.6 is 0 Å². The minimum absolute atomic E-state index is 0.0300. The maximum absolute atomic E-state index is 13.4. The first kappa shape index (κ1) is 82.1. The van der Waals surface area contributed by atoms with Crippen molar-refractivity contribution < 1.29 is 13.3 Å². The number of hydrogen-bond donors (Lipinski definition) is 0. The molecule has 0 aliphatic rings. The second-order valence-electron chi connectivity index (χ2n) is 32.4. The summed E-state index contributed by atoms with van der Waals surface area (Å²) >= 11 is 0. The van der Waals surface area contributed by atoms with Crippen molar-refractivity contribution in [3.63, 3.8) is 0 Å². The molecule has 0 saturated carbocycles. The molecule has 24 rings (SSSR count). The lowest BCUT2D eigenvalue weighted by Crippen LogP contribution is -2.02. The highest BCUT2D eigenvalue weighted by Crippen LogP contribution is 2.41. The molecule has 0 saturated heterocycles. The van der Waals surface area contributed by atoms with E-state index in [0.29, 0.717) is 118 Å². The number of benzene rings is 18. The van der Waals surface area contributed by atoms with Gasteiger partial charge in [-0.05, 0) is 152 Å². The van der Waals surface area contributed by atoms with E-state index < -0.39 is 0 Å². The number of rotatable bonds is 15. The third-order valence-corrected chi connectivity index (χ3v) is 23.9. The highest BCUT2D eigenvalue weighted by atomic mass is 16.3. The van der Waals surface area contributed by atoms with Gasteiger partial charge >= 0.3 is 0 Å². The number of fused-ring (bicyclic) bond motifs is 6. The van der Waals surface area contributed by atoms with Crippen molar-refractivity contribution in [1.82, 2.24) is 44.9 Å². The summed E-state index contributed by atoms with van der Waals surface area (Å²) in [6, 6.07) is 149. The van der Waals surface area contributed by atoms with E-state index in [9.17, 15) is 14.4 Å². The minimum atomic E-state index is -0.0357. The van der Waals surface area contributed by atoms with E-state index in [1.807, 2.05) is 364 Å². The van der Waals surface area contributed by atoms with Gasteiger partial charge in [-0.15, -0.1) is 0 Å². The smallest absolute Gasteiger partial charge is 0.200 e. The Morgan fingerprint density at radius 3 is 0.659 bits per heavy atom. The van der Waals surface area contributed by atoms with Crippen molar-refractivity contribution in [2.75, 3.05) is 0 Å². The first-order chi connectivity index (χ1) is 66.6. The van der Waals surface area contributed by atoms with Crippen molar-refractivity contribution in [3.8, 4) is 169 Å². The van der Waals surface area contributed by atoms with E-state index >= 15 is 0 Å². The summed E-state index contributed by atoms with van der Waals surface area (Å²) in [6.45, 7) is 0. The van der Waals surface area contributed by atoms with Crippen molar-refractivity contribution in [2.24, 2.45) is 0 Å². The Hall–Kier alpha value is -18.6. The third kappa shape index (κ3) is 16.9. The van der Waals surface area contributed by atoms with Crippen LogP contribution in [-0.2, 0) is 0 Å². The second-order valence-corrected chi connectivity index (χ2v) is 32.4. The maximum Gasteiger partial charge on any atom is 0.200 e. The summed E-state index contributed by atoms with van der Waals surface area (Å²) in [5.41, 5.74) is 23.6. The molecule has 0 radical (unpaired) electrons. The summed E-state index contributed by atoms with van der Waals surface area (Å²) in [5.74, 6) is 5.52. The third-order valence-electron chi connectivity index (χ3n) is 23.9. The van der Waals surface area contributed by atoms with Crippen LogP contribution in [0.25, 0.3) is 235 Å². The van der Waals surface area contributed by atoms with E-state index in [1.54, 1.807) is 18.2 Å². The van der Waals surface area contributed by atoms with Crippen molar-refractivity contribution in [3.05, 3.63) is 486 Å². The summed E-state index contributed by atoms with van der Waals surface area (Å²) < 4.78 is 18.1. The van der Waals surface area contributed by atoms with Crippen LogP contribution in [0, 0.1) is 0 Å². The minimum Gasteiger partial charge on any atom is -0.456 e. The normalized spacial score (nSPS) is 11.2. The van der Waals surface area contributed by atoms with Crippen LogP contribution in [0.1, 0.15) is 0 Å². The summed E-state index contributed by atoms with van der Waals surface area (Å²) in [5, 5.41) is 3.41. The Morgan fingerprint density at radius 2 is 0.319 bits per heavy atom. The van der Waals surface area contributed by atoms with Crippen LogP contribution < -0.4 is 16.3 Å². The highest BCUT2D eigenvalue weighted by Gasteiger charge is 2.22. The predicted octanol–water partition coefficient (Wildman–Crippen LogP) is 28.4. The second kappa shape index (κ2) is 36.5. The zero-order valence-corrected chi connectivity index (χ0v) is 72.3. The topological polar surface area (TPSA) is 207 Å². The number of para-hydroxylation sites is 3. The molecule has 0 aliphatic heterocycles. The SMILES string of the molecule is O=c1c2ccccc2oc2ccc(-c3cccc(-c4ccccc4-c4nc(-c5ccccc5)nc(-c5ccccc5)n4)c3)cc12.O=c1c2ccccc2oc2ccc(-c3ccccc3-c3ccc(-c4nc(-c5ccccc5)nc(-c5ccccc5)n4)cc3)cc12.O=c1c2ccccc2oc2ccc(-c3ccccc3-c3cccc(-c4nc(-c5ccccc5)nc(-c5ccccc5)n4)c3)cc12. The van der Waals surface area contributed by atoms with Gasteiger partial charge in [-0.3, -0.25) is 14.4 Å². The van der Waals surface area contributed by atoms with Crippen LogP contribution in [0.5, 0.6) is 0 Å². The molecule has 0 spiro atoms. The zero-order chi connectivity index (χ0) is 90.5. The largest absolute Gasteiger partial charge is 0.456 e. The zero-order valence-electron chi connectivity index (χ0n) is 72.3. The molecule has 0 fully saturated rings. The molecule has 0 N–H and O–H groups in total. The molecule has 0 bridgehead atoms. The Labute approximate surface area is 773 Å². The van der Waals surface area contributed by atoms with Gasteiger partial charge in [0, 0.05) is 50.1 Å². The molecular formula is C120H75N9O6. The number of aromatic nitrogens is 9. The average molecular weight is 1740 g/mol. The molecule has 0 unspecified atom stereocenters. The molecule has 636 valence electrons. The Morgan fingerprint density at radius 1 is 0.126 bits per heavy atom. The van der Waals surface area contributed by atoms with Crippen LogP contribution in [0.15, 0.2) is 483 Å². The van der Waals surface area contributed by atoms with Crippen LogP contribution in [0.4, 0.5) is 0 Å². The number of hydrogen-bond acceptors (Lipinski definition) is 15. The Bertz CT molecular complexity index is 8640. The summed E-state index contributed by atoms with van der Waals surface area (Å²) in [7, 11) is 0. The average Bonchev–Trinajstić information content (AvgIpc) is 0.768. The van der Waals surface area contributed by atoms with Gasteiger partial charge in [-0.25, -0.2) is 44.9 Å². The quantitative estimate of drug-likeness (QED) is 0.0875. The molecule has 15 nitrogen and oxygen atoms in total. The monoisotopic (exact) mass is 1740 g/mol. The molecule has 0 atom stereocenters. The maximum atomic E-state index is 13.4. The van der Waals surface area contributed by atoms with E-state index in [0.717, 1.165) is 117 Å². The van der Waals surface area contributed by atoms with Gasteiger partial charge in [0.2, 0.25) is 16.3 Å². The van der Waals surface area contributed by atoms with Gasteiger partial charge in [0.25, 0.3) is 0 Å². The van der Waals surface area contributed by atoms with Crippen molar-refractivity contribution >= 4 is 65.8 Å². The molecule has 135 heavy (non-hydrogen) atoms. The first-order valence-corrected chi connectivity index (χ1v) is 44.2. The first-order valence-electron chi connectivity index (χ1n) is 44.2. The fourth-order valence-electron chi connectivity index (χ4n) is 17.1. The molecule has 18 aromatic carbocycles. The molecule has 0 aliphatic carbocycles. The van der Waals surface area contributed by atoms with Gasteiger partial charge in [0.15, 0.2) is 52.4 Å². The van der Waals surface area contributed by atoms with Crippen LogP contribution in [0.3, 0.4) is 0 Å². The van der Waals surface area contributed by atoms with Gasteiger partial charge in [-0.1, -0.05) is 370 Å². The van der Waals surface area contributed by atoms with Crippen LogP contribution in [-0.4, -0.2) is 44.9 Å². The van der Waals surface area contributed by atoms with Gasteiger partial charge in [-0.2, -0.15) is 0 Å². The molecule has 6 aromatic heterocycles. The lowest BCUT2D eigenvalue weighted by atomic mass is 9.93. The van der Waals surface area contributed by atoms with Gasteiger partial charge in [0.1, 0.15) is 33.5 Å². The standard InChI is InChI=1S/3C40H25N3O2/c44-37-33-20-9-10-21-35(33)45-36-23-22-29(25-34(36)37)32-19-8-7-18-31(32)28-16-11-17-30(24-28)40-42-38(26-12-3-1-4-13-26)41-39(43-40)27-14-5-2-6-15-27;44-37-33-20-9-10-21-35(33)45-36-23-22-29(25-34(36)37)28-16-11-17-30(24-28)31-18-7-8-19-32(31)40-42-38(26-12-3-1-4-13-26)41-39(43-40)27-14-5-2-6-15-27;44-37-33-17-9-10-18-35(33)45-36-24-23-30(25-34(36)37)32-16-8-7-15-31(32)26-19-21-29(22-20-26)40-42-38(27-11-3-1-4-12-27)41-39(43-40)28-13-5-2-6-14-28/h3*1-25H. The van der Waals surface area contributed by atoms with Crippen molar-refractivity contribution in [1.29, 1.82) is 0 Å². The summed E-state index contributed by atoms with van der Waals surface area (Å²) in [4.78, 5) is 84.1. The van der Waals surface area contributed by atoms with Crippen LogP contribution in [0.2, 0.25) is 0 Å².